The van der Waals surface area contributed by atoms with Crippen LogP contribution in [0.1, 0.15) is 7.43 Å². The number of benzene rings is 2. The van der Waals surface area contributed by atoms with E-state index in [1.807, 2.05) is 0 Å². The number of hydrogen-bond acceptors (Lipinski definition) is 6. The predicted octanol–water partition coefficient (Wildman–Crippen LogP) is 3.05. The molecule has 1 N–H and O–H groups in total. The minimum absolute atomic E-state index is 0. The topological polar surface area (TPSA) is 86.6 Å². The molecule has 0 bridgehead atoms. The van der Waals surface area contributed by atoms with E-state index in [9.17, 15) is 13.2 Å². The molecule has 0 atom stereocenters. The zero-order chi connectivity index (χ0) is 18.2. The van der Waals surface area contributed by atoms with Crippen LogP contribution in [0.2, 0.25) is 0 Å². The number of sulfonamides is 1. The van der Waals surface area contributed by atoms with E-state index >= 15 is 0 Å². The van der Waals surface area contributed by atoms with Crippen molar-refractivity contribution in [3.63, 3.8) is 0 Å². The minimum atomic E-state index is -3.90. The summed E-state index contributed by atoms with van der Waals surface area (Å²) < 4.78 is 39.8. The summed E-state index contributed by atoms with van der Waals surface area (Å²) in [5.41, 5.74) is 0.938. The van der Waals surface area contributed by atoms with Gasteiger partial charge in [-0.25, -0.2) is 8.42 Å². The third kappa shape index (κ3) is 3.40. The lowest BCUT2D eigenvalue weighted by Crippen LogP contribution is -2.14. The molecule has 0 aliphatic heterocycles. The first kappa shape index (κ1) is 19.8. The van der Waals surface area contributed by atoms with Crippen molar-refractivity contribution >= 4 is 38.1 Å². The highest BCUT2D eigenvalue weighted by Crippen LogP contribution is 2.36. The van der Waals surface area contributed by atoms with Crippen LogP contribution in [0.5, 0.6) is 11.5 Å². The van der Waals surface area contributed by atoms with E-state index < -0.39 is 10.0 Å². The van der Waals surface area contributed by atoms with Gasteiger partial charge in [-0.15, -0.1) is 0 Å². The van der Waals surface area contributed by atoms with Crippen molar-refractivity contribution in [1.82, 2.24) is 3.96 Å². The Bertz CT molecular complexity index is 1100. The van der Waals surface area contributed by atoms with Crippen LogP contribution in [0, 0.1) is 0 Å². The van der Waals surface area contributed by atoms with E-state index in [2.05, 4.69) is 4.72 Å². The molecule has 0 saturated heterocycles. The molecule has 26 heavy (non-hydrogen) atoms. The molecule has 0 unspecified atom stereocenters. The first-order valence-electron chi connectivity index (χ1n) is 7.21. The standard InChI is InChI=1S/C16H16N2O5S2.CH4/c1-18-13-8-7-10(9-11(13)16(19)24-18)25(20,21)17-12-5-4-6-14(22-2)15(12)23-3;/h4-9,17H,1-3H3;1H4. The smallest absolute Gasteiger partial charge is 0.262 e. The van der Waals surface area contributed by atoms with Crippen LogP contribution >= 0.6 is 11.5 Å². The lowest BCUT2D eigenvalue weighted by molar-refractivity contribution is 0.356. The van der Waals surface area contributed by atoms with Crippen molar-refractivity contribution in [3.8, 4) is 11.5 Å². The second kappa shape index (κ2) is 7.38. The van der Waals surface area contributed by atoms with Crippen LogP contribution in [0.4, 0.5) is 5.69 Å². The van der Waals surface area contributed by atoms with Gasteiger partial charge in [0.15, 0.2) is 11.5 Å². The molecule has 0 spiro atoms. The van der Waals surface area contributed by atoms with Gasteiger partial charge in [-0.2, -0.15) is 0 Å². The molecule has 9 heteroatoms. The maximum atomic E-state index is 12.7. The molecule has 3 rings (SSSR count). The third-order valence-electron chi connectivity index (χ3n) is 3.70. The van der Waals surface area contributed by atoms with Crippen LogP contribution in [0.3, 0.4) is 0 Å². The number of aromatic nitrogens is 1. The lowest BCUT2D eigenvalue weighted by atomic mass is 10.2. The Morgan fingerprint density at radius 1 is 1.12 bits per heavy atom. The number of nitrogens with one attached hydrogen (secondary N) is 1. The van der Waals surface area contributed by atoms with Gasteiger partial charge >= 0.3 is 0 Å². The Morgan fingerprint density at radius 3 is 2.50 bits per heavy atom. The third-order valence-corrected chi connectivity index (χ3v) is 5.92. The van der Waals surface area contributed by atoms with Crippen LogP contribution < -0.4 is 18.9 Å². The quantitative estimate of drug-likeness (QED) is 0.716. The number of ether oxygens (including phenoxy) is 2. The van der Waals surface area contributed by atoms with Crippen molar-refractivity contribution < 1.29 is 17.9 Å². The average Bonchev–Trinajstić information content (AvgIpc) is 2.88. The van der Waals surface area contributed by atoms with Gasteiger partial charge < -0.3 is 9.47 Å². The Hall–Kier alpha value is -2.52. The SMILES string of the molecule is C.COc1cccc(NS(=O)(=O)c2ccc3c(c2)c(=O)sn3C)c1OC. The summed E-state index contributed by atoms with van der Waals surface area (Å²) in [5, 5.41) is 0.369. The van der Waals surface area contributed by atoms with Gasteiger partial charge in [0, 0.05) is 7.05 Å². The maximum absolute atomic E-state index is 12.7. The largest absolute Gasteiger partial charge is 0.493 e. The highest BCUT2D eigenvalue weighted by atomic mass is 32.2. The van der Waals surface area contributed by atoms with Crippen molar-refractivity contribution in [2.24, 2.45) is 7.05 Å². The summed E-state index contributed by atoms with van der Waals surface area (Å²) >= 11 is 1.03. The average molecular weight is 396 g/mol. The van der Waals surface area contributed by atoms with Crippen molar-refractivity contribution in [2.75, 3.05) is 18.9 Å². The van der Waals surface area contributed by atoms with Crippen LogP contribution in [-0.2, 0) is 17.1 Å². The number of rotatable bonds is 5. The second-order valence-electron chi connectivity index (χ2n) is 5.20. The fourth-order valence-electron chi connectivity index (χ4n) is 2.51. The number of methoxy groups -OCH3 is 2. The summed E-state index contributed by atoms with van der Waals surface area (Å²) in [7, 11) is 0.749. The molecule has 0 saturated carbocycles. The van der Waals surface area contributed by atoms with Crippen molar-refractivity contribution in [2.45, 2.75) is 12.3 Å². The fourth-order valence-corrected chi connectivity index (χ4v) is 4.37. The van der Waals surface area contributed by atoms with Crippen LogP contribution in [0.25, 0.3) is 10.9 Å². The minimum Gasteiger partial charge on any atom is -0.493 e. The first-order valence-corrected chi connectivity index (χ1v) is 9.47. The van der Waals surface area contributed by atoms with Gasteiger partial charge in [-0.1, -0.05) is 13.5 Å². The molecule has 140 valence electrons. The summed E-state index contributed by atoms with van der Waals surface area (Å²) in [5.74, 6) is 0.686. The van der Waals surface area contributed by atoms with E-state index in [1.165, 1.54) is 26.4 Å². The molecule has 1 heterocycles. The monoisotopic (exact) mass is 396 g/mol. The van der Waals surface area contributed by atoms with E-state index in [1.54, 1.807) is 35.3 Å². The summed E-state index contributed by atoms with van der Waals surface area (Å²) in [4.78, 5) is 12.0. The molecule has 0 aliphatic rings. The molecule has 0 radical (unpaired) electrons. The molecule has 0 aliphatic carbocycles. The Kier molecular flexibility index (Phi) is 5.62. The van der Waals surface area contributed by atoms with Gasteiger partial charge in [-0.05, 0) is 41.9 Å². The Balaban J connectivity index is 0.00000243. The van der Waals surface area contributed by atoms with Crippen molar-refractivity contribution in [1.29, 1.82) is 0 Å². The number of anilines is 1. The van der Waals surface area contributed by atoms with Crippen LogP contribution in [-0.4, -0.2) is 26.6 Å². The number of fused-ring (bicyclic) bond motifs is 1. The highest BCUT2D eigenvalue weighted by Gasteiger charge is 2.20. The highest BCUT2D eigenvalue weighted by molar-refractivity contribution is 7.92. The van der Waals surface area contributed by atoms with E-state index in [0.29, 0.717) is 16.7 Å². The number of para-hydroxylation sites is 1. The molecular weight excluding hydrogens is 376 g/mol. The molecule has 0 fully saturated rings. The van der Waals surface area contributed by atoms with E-state index in [-0.39, 0.29) is 28.5 Å². The second-order valence-corrected chi connectivity index (χ2v) is 7.99. The molecule has 3 aromatic rings. The van der Waals surface area contributed by atoms with E-state index in [0.717, 1.165) is 11.5 Å². The predicted molar refractivity (Wildman–Crippen MR) is 104 cm³/mol. The van der Waals surface area contributed by atoms with Gasteiger partial charge in [0.25, 0.3) is 14.8 Å². The van der Waals surface area contributed by atoms with Gasteiger partial charge in [0.1, 0.15) is 0 Å². The zero-order valence-corrected chi connectivity index (χ0v) is 15.4. The van der Waals surface area contributed by atoms with Gasteiger partial charge in [0.2, 0.25) is 0 Å². The summed E-state index contributed by atoms with van der Waals surface area (Å²) in [6.45, 7) is 0. The molecule has 2 aromatic carbocycles. The number of aryl methyl sites for hydroxylation is 1. The molecule has 1 aromatic heterocycles. The van der Waals surface area contributed by atoms with Crippen LogP contribution in [0.15, 0.2) is 46.1 Å². The summed E-state index contributed by atoms with van der Waals surface area (Å²) in [6, 6.07) is 9.34. The number of nitrogens with zero attached hydrogens (tertiary/aromatic N) is 1. The zero-order valence-electron chi connectivity index (χ0n) is 13.8. The lowest BCUT2D eigenvalue weighted by Gasteiger charge is -2.14. The fraction of sp³-hybridized carbons (Fsp3) is 0.235. The summed E-state index contributed by atoms with van der Waals surface area (Å²) in [6.07, 6.45) is 0. The normalized spacial score (nSPS) is 11.0. The molecular formula is C17H20N2O5S2. The molecule has 0 amide bonds. The van der Waals surface area contributed by atoms with Gasteiger partial charge in [0.05, 0.1) is 35.7 Å². The first-order chi connectivity index (χ1) is 11.9. The van der Waals surface area contributed by atoms with Crippen molar-refractivity contribution in [3.05, 3.63) is 45.9 Å². The maximum Gasteiger partial charge on any atom is 0.262 e. The Labute approximate surface area is 156 Å². The van der Waals surface area contributed by atoms with E-state index in [4.69, 9.17) is 9.47 Å². The van der Waals surface area contributed by atoms with Gasteiger partial charge in [-0.3, -0.25) is 13.5 Å². The number of hydrogen-bond donors (Lipinski definition) is 1. The Morgan fingerprint density at radius 2 is 1.85 bits per heavy atom. The molecule has 7 nitrogen and oxygen atoms in total.